The van der Waals surface area contributed by atoms with Gasteiger partial charge in [-0.2, -0.15) is 0 Å². The quantitative estimate of drug-likeness (QED) is 0.403. The molecule has 0 aromatic heterocycles. The van der Waals surface area contributed by atoms with Crippen LogP contribution >= 0.6 is 0 Å². The number of nitrogens with one attached hydrogen (secondary N) is 1. The summed E-state index contributed by atoms with van der Waals surface area (Å²) in [4.78, 5) is 0. The Balaban J connectivity index is 2.01. The van der Waals surface area contributed by atoms with E-state index in [4.69, 9.17) is 10.2 Å². The summed E-state index contributed by atoms with van der Waals surface area (Å²) in [5.74, 6) is 0.495. The maximum atomic E-state index is 8.42. The minimum atomic E-state index is -1.11. The van der Waals surface area contributed by atoms with E-state index in [1.54, 1.807) is 0 Å². The summed E-state index contributed by atoms with van der Waals surface area (Å²) in [5.41, 5.74) is 0. The Morgan fingerprint density at radius 1 is 1.50 bits per heavy atom. The van der Waals surface area contributed by atoms with Crippen molar-refractivity contribution in [1.29, 1.82) is 0 Å². The molecule has 1 fully saturated rings. The van der Waals surface area contributed by atoms with Crippen molar-refractivity contribution in [1.82, 2.24) is 5.32 Å². The number of aliphatic hydroxyl groups is 2. The monoisotopic (exact) mass is 117 g/mol. The third-order valence-electron chi connectivity index (χ3n) is 1.41. The van der Waals surface area contributed by atoms with Gasteiger partial charge in [0.2, 0.25) is 0 Å². The van der Waals surface area contributed by atoms with Gasteiger partial charge in [-0.15, -0.1) is 0 Å². The van der Waals surface area contributed by atoms with Crippen molar-refractivity contribution in [3.63, 3.8) is 0 Å². The van der Waals surface area contributed by atoms with Gasteiger partial charge in [-0.3, -0.25) is 0 Å². The summed E-state index contributed by atoms with van der Waals surface area (Å²) >= 11 is 0. The molecule has 8 heavy (non-hydrogen) atoms. The van der Waals surface area contributed by atoms with Crippen molar-refractivity contribution in [3.8, 4) is 0 Å². The van der Waals surface area contributed by atoms with Crippen molar-refractivity contribution in [2.24, 2.45) is 5.92 Å². The Morgan fingerprint density at radius 3 is 2.25 bits per heavy atom. The summed E-state index contributed by atoms with van der Waals surface area (Å²) in [5, 5.41) is 19.9. The van der Waals surface area contributed by atoms with Gasteiger partial charge in [-0.1, -0.05) is 0 Å². The van der Waals surface area contributed by atoms with Crippen molar-refractivity contribution in [3.05, 3.63) is 0 Å². The van der Waals surface area contributed by atoms with Gasteiger partial charge in [-0.05, 0) is 19.0 Å². The molecule has 0 unspecified atom stereocenters. The fourth-order valence-electron chi connectivity index (χ4n) is 0.813. The lowest BCUT2D eigenvalue weighted by Crippen LogP contribution is -2.43. The van der Waals surface area contributed by atoms with E-state index in [1.165, 1.54) is 0 Å². The Kier molecular flexibility index (Phi) is 1.83. The van der Waals surface area contributed by atoms with Crippen molar-refractivity contribution < 1.29 is 10.2 Å². The molecule has 0 bridgehead atoms. The molecular formula is C5H11NO2. The van der Waals surface area contributed by atoms with Crippen molar-refractivity contribution >= 4 is 0 Å². The second-order valence-electron chi connectivity index (χ2n) is 2.24. The highest BCUT2D eigenvalue weighted by atomic mass is 16.5. The van der Waals surface area contributed by atoms with E-state index in [0.29, 0.717) is 12.3 Å². The van der Waals surface area contributed by atoms with Crippen LogP contribution in [0, 0.1) is 5.92 Å². The molecule has 1 aliphatic rings. The molecule has 3 heteroatoms. The highest BCUT2D eigenvalue weighted by Crippen LogP contribution is 2.08. The summed E-state index contributed by atoms with van der Waals surface area (Å²) in [6, 6.07) is 0. The highest BCUT2D eigenvalue weighted by molar-refractivity contribution is 4.74. The molecule has 0 aromatic rings. The molecule has 1 aliphatic heterocycles. The SMILES string of the molecule is OC(O)CC1CNC1. The van der Waals surface area contributed by atoms with E-state index < -0.39 is 6.29 Å². The van der Waals surface area contributed by atoms with E-state index in [0.717, 1.165) is 13.1 Å². The Hall–Kier alpha value is -0.120. The fourth-order valence-corrected chi connectivity index (χ4v) is 0.813. The largest absolute Gasteiger partial charge is 0.368 e. The normalized spacial score (nSPS) is 21.4. The van der Waals surface area contributed by atoms with Gasteiger partial charge in [0.05, 0.1) is 0 Å². The lowest BCUT2D eigenvalue weighted by atomic mass is 9.99. The third-order valence-corrected chi connectivity index (χ3v) is 1.41. The molecule has 0 aliphatic carbocycles. The van der Waals surface area contributed by atoms with Crippen LogP contribution in [0.3, 0.4) is 0 Å². The maximum Gasteiger partial charge on any atom is 0.151 e. The van der Waals surface area contributed by atoms with Gasteiger partial charge in [0, 0.05) is 6.42 Å². The summed E-state index contributed by atoms with van der Waals surface area (Å²) < 4.78 is 0. The lowest BCUT2D eigenvalue weighted by Gasteiger charge is -2.27. The minimum Gasteiger partial charge on any atom is -0.368 e. The standard InChI is InChI=1S/C5H11NO2/c7-5(8)1-4-2-6-3-4/h4-8H,1-3H2. The lowest BCUT2D eigenvalue weighted by molar-refractivity contribution is -0.0602. The molecule has 0 spiro atoms. The van der Waals surface area contributed by atoms with Gasteiger partial charge in [0.15, 0.2) is 6.29 Å². The van der Waals surface area contributed by atoms with Crippen LogP contribution in [0.15, 0.2) is 0 Å². The van der Waals surface area contributed by atoms with Gasteiger partial charge in [0.25, 0.3) is 0 Å². The summed E-state index contributed by atoms with van der Waals surface area (Å²) in [6.07, 6.45) is -0.588. The highest BCUT2D eigenvalue weighted by Gasteiger charge is 2.18. The smallest absolute Gasteiger partial charge is 0.151 e. The van der Waals surface area contributed by atoms with Gasteiger partial charge >= 0.3 is 0 Å². The van der Waals surface area contributed by atoms with E-state index in [9.17, 15) is 0 Å². The zero-order valence-electron chi connectivity index (χ0n) is 4.67. The number of aliphatic hydroxyl groups excluding tert-OH is 1. The third kappa shape index (κ3) is 1.43. The second kappa shape index (κ2) is 2.44. The average molecular weight is 117 g/mol. The molecule has 1 heterocycles. The first-order valence-electron chi connectivity index (χ1n) is 2.86. The average Bonchev–Trinajstić information content (AvgIpc) is 1.55. The van der Waals surface area contributed by atoms with Gasteiger partial charge in [-0.25, -0.2) is 0 Å². The van der Waals surface area contributed by atoms with Crippen LogP contribution in [0.2, 0.25) is 0 Å². The second-order valence-corrected chi connectivity index (χ2v) is 2.24. The Bertz CT molecular complexity index is 70.8. The van der Waals surface area contributed by atoms with Crippen molar-refractivity contribution in [2.45, 2.75) is 12.7 Å². The molecule has 3 nitrogen and oxygen atoms in total. The van der Waals surface area contributed by atoms with Crippen LogP contribution in [0.5, 0.6) is 0 Å². The summed E-state index contributed by atoms with van der Waals surface area (Å²) in [6.45, 7) is 1.88. The van der Waals surface area contributed by atoms with E-state index >= 15 is 0 Å². The van der Waals surface area contributed by atoms with Crippen LogP contribution in [0.1, 0.15) is 6.42 Å². The van der Waals surface area contributed by atoms with Crippen molar-refractivity contribution in [2.75, 3.05) is 13.1 Å². The molecule has 3 N–H and O–H groups in total. The fraction of sp³-hybridized carbons (Fsp3) is 1.00. The maximum absolute atomic E-state index is 8.42. The van der Waals surface area contributed by atoms with Crippen LogP contribution in [-0.2, 0) is 0 Å². The zero-order chi connectivity index (χ0) is 5.98. The molecule has 0 radical (unpaired) electrons. The molecule has 1 rings (SSSR count). The molecule has 0 aromatic carbocycles. The topological polar surface area (TPSA) is 52.5 Å². The summed E-state index contributed by atoms with van der Waals surface area (Å²) in [7, 11) is 0. The van der Waals surface area contributed by atoms with E-state index in [1.807, 2.05) is 0 Å². The first-order valence-corrected chi connectivity index (χ1v) is 2.86. The number of hydrogen-bond donors (Lipinski definition) is 3. The molecule has 1 saturated heterocycles. The van der Waals surface area contributed by atoms with Crippen LogP contribution in [0.25, 0.3) is 0 Å². The predicted molar refractivity (Wildman–Crippen MR) is 29.2 cm³/mol. The number of hydrogen-bond acceptors (Lipinski definition) is 3. The van der Waals surface area contributed by atoms with E-state index in [2.05, 4.69) is 5.32 Å². The van der Waals surface area contributed by atoms with Crippen LogP contribution in [-0.4, -0.2) is 29.6 Å². The molecule has 0 saturated carbocycles. The van der Waals surface area contributed by atoms with Gasteiger partial charge < -0.3 is 15.5 Å². The Morgan fingerprint density at radius 2 is 2.12 bits per heavy atom. The zero-order valence-corrected chi connectivity index (χ0v) is 4.67. The molecule has 0 atom stereocenters. The molecule has 0 amide bonds. The predicted octanol–water partition coefficient (Wildman–Crippen LogP) is -1.09. The number of rotatable bonds is 2. The minimum absolute atomic E-state index is 0.495. The molecule has 48 valence electrons. The molecular weight excluding hydrogens is 106 g/mol. The van der Waals surface area contributed by atoms with Gasteiger partial charge in [0.1, 0.15) is 0 Å². The van der Waals surface area contributed by atoms with Crippen LogP contribution < -0.4 is 5.32 Å². The van der Waals surface area contributed by atoms with E-state index in [-0.39, 0.29) is 0 Å². The first-order chi connectivity index (χ1) is 3.79. The van der Waals surface area contributed by atoms with Crippen LogP contribution in [0.4, 0.5) is 0 Å². The first kappa shape index (κ1) is 6.01. The Labute approximate surface area is 48.3 Å².